The highest BCUT2D eigenvalue weighted by molar-refractivity contribution is 7.98. The molecule has 22 heavy (non-hydrogen) atoms. The van der Waals surface area contributed by atoms with Gasteiger partial charge in [-0.3, -0.25) is 0 Å². The SMILES string of the molecule is Fc1ccc(F)c(CSc2nnnn2Cc2ccccc2)c1. The lowest BCUT2D eigenvalue weighted by molar-refractivity contribution is 0.590. The summed E-state index contributed by atoms with van der Waals surface area (Å²) in [6.45, 7) is 0.530. The minimum absolute atomic E-state index is 0.263. The molecule has 3 aromatic rings. The molecule has 0 saturated carbocycles. The molecule has 0 aliphatic rings. The van der Waals surface area contributed by atoms with Crippen molar-refractivity contribution >= 4 is 11.8 Å². The van der Waals surface area contributed by atoms with E-state index in [1.165, 1.54) is 17.8 Å². The lowest BCUT2D eigenvalue weighted by Crippen LogP contribution is -2.04. The predicted molar refractivity (Wildman–Crippen MR) is 79.3 cm³/mol. The Kier molecular flexibility index (Phi) is 4.43. The van der Waals surface area contributed by atoms with Crippen molar-refractivity contribution in [1.82, 2.24) is 20.2 Å². The number of thioether (sulfide) groups is 1. The van der Waals surface area contributed by atoms with Crippen molar-refractivity contribution < 1.29 is 8.78 Å². The number of hydrogen-bond acceptors (Lipinski definition) is 4. The summed E-state index contributed by atoms with van der Waals surface area (Å²) in [6, 6.07) is 13.2. The standard InChI is InChI=1S/C15H12F2N4S/c16-13-6-7-14(17)12(8-13)10-22-15-18-19-20-21(15)9-11-4-2-1-3-5-11/h1-8H,9-10H2. The fourth-order valence-electron chi connectivity index (χ4n) is 1.95. The summed E-state index contributed by atoms with van der Waals surface area (Å²) in [5.74, 6) is -0.629. The normalized spacial score (nSPS) is 10.8. The van der Waals surface area contributed by atoms with Gasteiger partial charge in [0.1, 0.15) is 11.6 Å². The molecule has 0 N–H and O–H groups in total. The Morgan fingerprint density at radius 2 is 1.86 bits per heavy atom. The summed E-state index contributed by atoms with van der Waals surface area (Å²) in [7, 11) is 0. The van der Waals surface area contributed by atoms with Gasteiger partial charge >= 0.3 is 0 Å². The minimum Gasteiger partial charge on any atom is -0.216 e. The molecule has 3 rings (SSSR count). The van der Waals surface area contributed by atoms with E-state index < -0.39 is 11.6 Å². The number of aromatic nitrogens is 4. The zero-order valence-corrected chi connectivity index (χ0v) is 12.3. The lowest BCUT2D eigenvalue weighted by atomic mass is 10.2. The summed E-state index contributed by atoms with van der Waals surface area (Å²) in [5.41, 5.74) is 1.35. The highest BCUT2D eigenvalue weighted by Gasteiger charge is 2.10. The third kappa shape index (κ3) is 3.48. The predicted octanol–water partition coefficient (Wildman–Crippen LogP) is 3.29. The Hall–Kier alpha value is -2.28. The number of benzene rings is 2. The molecule has 0 fully saturated rings. The fourth-order valence-corrected chi connectivity index (χ4v) is 2.80. The zero-order chi connectivity index (χ0) is 15.4. The van der Waals surface area contributed by atoms with Crippen molar-refractivity contribution in [3.63, 3.8) is 0 Å². The van der Waals surface area contributed by atoms with E-state index in [-0.39, 0.29) is 5.75 Å². The average molecular weight is 318 g/mol. The molecule has 0 aliphatic carbocycles. The first-order chi connectivity index (χ1) is 10.7. The van der Waals surface area contributed by atoms with Gasteiger partial charge in [-0.2, -0.15) is 0 Å². The summed E-state index contributed by atoms with van der Waals surface area (Å²) in [6.07, 6.45) is 0. The van der Waals surface area contributed by atoms with Crippen molar-refractivity contribution in [2.45, 2.75) is 17.5 Å². The first-order valence-corrected chi connectivity index (χ1v) is 7.58. The smallest absolute Gasteiger partial charge is 0.209 e. The van der Waals surface area contributed by atoms with Gasteiger partial charge in [0, 0.05) is 11.3 Å². The summed E-state index contributed by atoms with van der Waals surface area (Å²) < 4.78 is 28.4. The molecule has 0 unspecified atom stereocenters. The van der Waals surface area contributed by atoms with Gasteiger partial charge in [0.05, 0.1) is 6.54 Å². The third-order valence-corrected chi connectivity index (χ3v) is 4.04. The molecule has 0 saturated heterocycles. The van der Waals surface area contributed by atoms with Crippen LogP contribution < -0.4 is 0 Å². The molecule has 1 heterocycles. The second-order valence-corrected chi connectivity index (χ2v) is 5.57. The van der Waals surface area contributed by atoms with Crippen LogP contribution >= 0.6 is 11.8 Å². The van der Waals surface area contributed by atoms with E-state index in [9.17, 15) is 8.78 Å². The summed E-state index contributed by atoms with van der Waals surface area (Å²) in [5, 5.41) is 12.1. The molecule has 0 atom stereocenters. The van der Waals surface area contributed by atoms with Crippen molar-refractivity contribution in [2.24, 2.45) is 0 Å². The van der Waals surface area contributed by atoms with Crippen LogP contribution in [0.4, 0.5) is 8.78 Å². The molecule has 0 spiro atoms. The van der Waals surface area contributed by atoms with E-state index >= 15 is 0 Å². The first-order valence-electron chi connectivity index (χ1n) is 6.59. The van der Waals surface area contributed by atoms with Gasteiger partial charge in [-0.25, -0.2) is 13.5 Å². The molecule has 0 bridgehead atoms. The Labute approximate surface area is 130 Å². The van der Waals surface area contributed by atoms with E-state index in [1.807, 2.05) is 30.3 Å². The van der Waals surface area contributed by atoms with E-state index in [1.54, 1.807) is 4.68 Å². The first kappa shape index (κ1) is 14.6. The van der Waals surface area contributed by atoms with Crippen LogP contribution in [-0.4, -0.2) is 20.2 Å². The van der Waals surface area contributed by atoms with Gasteiger partial charge in [-0.1, -0.05) is 42.1 Å². The molecular formula is C15H12F2N4S. The maximum atomic E-state index is 13.6. The minimum atomic E-state index is -0.458. The number of tetrazole rings is 1. The van der Waals surface area contributed by atoms with E-state index in [0.29, 0.717) is 17.3 Å². The van der Waals surface area contributed by atoms with Crippen LogP contribution in [0.1, 0.15) is 11.1 Å². The Morgan fingerprint density at radius 1 is 1.05 bits per heavy atom. The number of hydrogen-bond donors (Lipinski definition) is 0. The molecule has 0 aliphatic heterocycles. The maximum Gasteiger partial charge on any atom is 0.209 e. The third-order valence-electron chi connectivity index (χ3n) is 3.04. The van der Waals surface area contributed by atoms with Crippen LogP contribution in [0.25, 0.3) is 0 Å². The van der Waals surface area contributed by atoms with Gasteiger partial charge in [-0.05, 0) is 34.2 Å². The molecule has 4 nitrogen and oxygen atoms in total. The topological polar surface area (TPSA) is 43.6 Å². The monoisotopic (exact) mass is 318 g/mol. The second kappa shape index (κ2) is 6.65. The van der Waals surface area contributed by atoms with E-state index in [4.69, 9.17) is 0 Å². The molecule has 112 valence electrons. The average Bonchev–Trinajstić information content (AvgIpc) is 2.96. The van der Waals surface area contributed by atoms with Crippen molar-refractivity contribution in [3.8, 4) is 0 Å². The van der Waals surface area contributed by atoms with Crippen LogP contribution in [0.15, 0.2) is 53.7 Å². The van der Waals surface area contributed by atoms with Gasteiger partial charge < -0.3 is 0 Å². The van der Waals surface area contributed by atoms with Gasteiger partial charge in [-0.15, -0.1) is 5.10 Å². The van der Waals surface area contributed by atoms with Gasteiger partial charge in [0.25, 0.3) is 0 Å². The van der Waals surface area contributed by atoms with E-state index in [0.717, 1.165) is 17.7 Å². The Morgan fingerprint density at radius 3 is 2.68 bits per heavy atom. The maximum absolute atomic E-state index is 13.6. The van der Waals surface area contributed by atoms with Crippen LogP contribution in [0, 0.1) is 11.6 Å². The Balaban J connectivity index is 1.71. The Bertz CT molecular complexity index is 761. The molecule has 7 heteroatoms. The van der Waals surface area contributed by atoms with Crippen molar-refractivity contribution in [3.05, 3.63) is 71.3 Å². The quantitative estimate of drug-likeness (QED) is 0.677. The zero-order valence-electron chi connectivity index (χ0n) is 11.5. The highest BCUT2D eigenvalue weighted by Crippen LogP contribution is 2.22. The lowest BCUT2D eigenvalue weighted by Gasteiger charge is -2.05. The number of halogens is 2. The highest BCUT2D eigenvalue weighted by atomic mass is 32.2. The number of nitrogens with zero attached hydrogens (tertiary/aromatic N) is 4. The number of rotatable bonds is 5. The van der Waals surface area contributed by atoms with Crippen LogP contribution in [0.5, 0.6) is 0 Å². The van der Waals surface area contributed by atoms with Gasteiger partial charge in [0.15, 0.2) is 0 Å². The van der Waals surface area contributed by atoms with E-state index in [2.05, 4.69) is 15.5 Å². The van der Waals surface area contributed by atoms with Crippen LogP contribution in [0.3, 0.4) is 0 Å². The van der Waals surface area contributed by atoms with Gasteiger partial charge in [0.2, 0.25) is 5.16 Å². The van der Waals surface area contributed by atoms with Crippen LogP contribution in [0.2, 0.25) is 0 Å². The van der Waals surface area contributed by atoms with Crippen molar-refractivity contribution in [1.29, 1.82) is 0 Å². The van der Waals surface area contributed by atoms with Crippen molar-refractivity contribution in [2.75, 3.05) is 0 Å². The summed E-state index contributed by atoms with van der Waals surface area (Å²) in [4.78, 5) is 0. The molecule has 2 aromatic carbocycles. The largest absolute Gasteiger partial charge is 0.216 e. The van der Waals surface area contributed by atoms with Crippen LogP contribution in [-0.2, 0) is 12.3 Å². The fraction of sp³-hybridized carbons (Fsp3) is 0.133. The second-order valence-electron chi connectivity index (χ2n) is 4.63. The molecule has 0 amide bonds. The molecule has 1 aromatic heterocycles. The molecular weight excluding hydrogens is 306 g/mol. The molecule has 0 radical (unpaired) electrons. The summed E-state index contributed by atoms with van der Waals surface area (Å²) >= 11 is 1.27.